The lowest BCUT2D eigenvalue weighted by Crippen LogP contribution is -2.27. The second-order valence-electron chi connectivity index (χ2n) is 12.4. The summed E-state index contributed by atoms with van der Waals surface area (Å²) in [4.78, 5) is 82.6. The molecule has 54 heavy (non-hydrogen) atoms. The van der Waals surface area contributed by atoms with E-state index >= 15 is 0 Å². The zero-order valence-electron chi connectivity index (χ0n) is 31.3. The second-order valence-corrected chi connectivity index (χ2v) is 12.4. The van der Waals surface area contributed by atoms with Gasteiger partial charge in [-0.2, -0.15) is 0 Å². The van der Waals surface area contributed by atoms with Crippen LogP contribution in [0.4, 0.5) is 4.79 Å². The van der Waals surface area contributed by atoms with Crippen molar-refractivity contribution in [2.75, 3.05) is 46.9 Å². The monoisotopic (exact) mass is 774 g/mol. The number of rotatable bonds is 26. The summed E-state index contributed by atoms with van der Waals surface area (Å²) < 4.78 is 42.7. The average Bonchev–Trinajstić information content (AvgIpc) is 3.41. The Kier molecular flexibility index (Phi) is 24.6. The zero-order chi connectivity index (χ0) is 40.3. The summed E-state index contributed by atoms with van der Waals surface area (Å²) in [7, 11) is 1.28. The average molecular weight is 775 g/mol. The number of aliphatic hydroxyl groups excluding tert-OH is 2. The maximum absolute atomic E-state index is 12.5. The first-order valence-electron chi connectivity index (χ1n) is 17.7. The van der Waals surface area contributed by atoms with Crippen LogP contribution in [0.2, 0.25) is 0 Å². The third-order valence-corrected chi connectivity index (χ3v) is 7.54. The van der Waals surface area contributed by atoms with Gasteiger partial charge in [0.25, 0.3) is 0 Å². The van der Waals surface area contributed by atoms with Crippen molar-refractivity contribution in [3.8, 4) is 0 Å². The van der Waals surface area contributed by atoms with Crippen LogP contribution in [0.3, 0.4) is 0 Å². The Balaban J connectivity index is 2.56. The van der Waals surface area contributed by atoms with Gasteiger partial charge in [0, 0.05) is 31.8 Å². The molecule has 1 aliphatic carbocycles. The van der Waals surface area contributed by atoms with E-state index in [9.17, 15) is 43.8 Å². The van der Waals surface area contributed by atoms with Gasteiger partial charge in [0.1, 0.15) is 6.10 Å². The molecule has 0 heterocycles. The van der Waals surface area contributed by atoms with E-state index in [1.54, 1.807) is 26.0 Å². The molecule has 1 fully saturated rings. The van der Waals surface area contributed by atoms with Crippen molar-refractivity contribution < 1.29 is 86.4 Å². The smallest absolute Gasteiger partial charge is 0.463 e. The summed E-state index contributed by atoms with van der Waals surface area (Å²) in [6.45, 7) is 0.829. The van der Waals surface area contributed by atoms with Crippen molar-refractivity contribution in [3.05, 3.63) is 24.3 Å². The van der Waals surface area contributed by atoms with E-state index in [2.05, 4.69) is 35.3 Å². The van der Waals surface area contributed by atoms with Gasteiger partial charge in [-0.05, 0) is 39.5 Å². The Bertz CT molecular complexity index is 1240. The number of esters is 6. The predicted molar refractivity (Wildman–Crippen MR) is 184 cm³/mol. The number of hydrogen-bond donors (Lipinski definition) is 2. The fourth-order valence-electron chi connectivity index (χ4n) is 5.00. The first-order valence-corrected chi connectivity index (χ1v) is 17.7. The summed E-state index contributed by atoms with van der Waals surface area (Å²) >= 11 is 0. The quantitative estimate of drug-likeness (QED) is 0.0421. The van der Waals surface area contributed by atoms with E-state index in [4.69, 9.17) is 14.2 Å². The van der Waals surface area contributed by atoms with Crippen LogP contribution in [0.5, 0.6) is 0 Å². The van der Waals surface area contributed by atoms with Gasteiger partial charge in [-0.25, -0.2) is 28.8 Å². The Hall–Kier alpha value is -4.55. The van der Waals surface area contributed by atoms with E-state index in [0.717, 1.165) is 19.3 Å². The first-order chi connectivity index (χ1) is 25.7. The number of unbranched alkanes of at least 4 members (excludes halogenated alkanes) is 3. The molecule has 1 aliphatic rings. The molecule has 0 unspecified atom stereocenters. The summed E-state index contributed by atoms with van der Waals surface area (Å²) in [6, 6.07) is 0. The third-order valence-electron chi connectivity index (χ3n) is 7.54. The van der Waals surface area contributed by atoms with E-state index in [-0.39, 0.29) is 31.7 Å². The molecule has 1 saturated carbocycles. The number of carbonyl (C=O) groups excluding carboxylic acids is 7. The molecule has 0 aromatic rings. The van der Waals surface area contributed by atoms with E-state index in [1.165, 1.54) is 7.11 Å². The summed E-state index contributed by atoms with van der Waals surface area (Å²) in [6.07, 6.45) is 8.59. The minimum Gasteiger partial charge on any atom is -0.463 e. The standard InChI is InChI=1S/C36H54O18/c1-5-6-9-12-25(37)15-16-26-27(13-10-7-8-11-14-30(39)53-24(2)3)29(17-28(26)38)54-36(45)51-22-34(43)49-20-32(41)47-18-31(40)48-19-33(42)50-21-35(44)52-23-46-4/h7,10,15-16,24-29,37-38H,5-6,8-9,11-14,17-23H2,1-4H3/b10-7-,16-15+/t25-,26+,27+,28+,29-/m0/s1. The van der Waals surface area contributed by atoms with Crippen LogP contribution >= 0.6 is 0 Å². The van der Waals surface area contributed by atoms with Gasteiger partial charge in [-0.15, -0.1) is 0 Å². The van der Waals surface area contributed by atoms with E-state index < -0.39 is 99.2 Å². The molecular formula is C36H54O18. The van der Waals surface area contributed by atoms with Crippen LogP contribution in [0.15, 0.2) is 24.3 Å². The fourth-order valence-corrected chi connectivity index (χ4v) is 5.00. The summed E-state index contributed by atoms with van der Waals surface area (Å²) in [5, 5.41) is 21.2. The molecule has 0 aromatic carbocycles. The molecular weight excluding hydrogens is 720 g/mol. The Labute approximate surface area is 314 Å². The lowest BCUT2D eigenvalue weighted by Gasteiger charge is -2.22. The molecule has 0 amide bonds. The number of carbonyl (C=O) groups is 7. The first kappa shape index (κ1) is 47.5. The fraction of sp³-hybridized carbons (Fsp3) is 0.694. The topological polar surface area (TPSA) is 243 Å². The van der Waals surface area contributed by atoms with Crippen LogP contribution < -0.4 is 0 Å². The minimum atomic E-state index is -1.22. The van der Waals surface area contributed by atoms with Gasteiger partial charge in [0.15, 0.2) is 39.8 Å². The predicted octanol–water partition coefficient (Wildman–Crippen LogP) is 2.39. The van der Waals surface area contributed by atoms with Gasteiger partial charge in [0.05, 0.1) is 18.3 Å². The number of hydrogen-bond acceptors (Lipinski definition) is 18. The van der Waals surface area contributed by atoms with Crippen molar-refractivity contribution in [2.45, 2.75) is 103 Å². The minimum absolute atomic E-state index is 0.0685. The Morgan fingerprint density at radius 3 is 1.83 bits per heavy atom. The van der Waals surface area contributed by atoms with Crippen molar-refractivity contribution in [2.24, 2.45) is 11.8 Å². The number of allylic oxidation sites excluding steroid dienone is 2. The van der Waals surface area contributed by atoms with Crippen molar-refractivity contribution in [1.29, 1.82) is 0 Å². The lowest BCUT2D eigenvalue weighted by molar-refractivity contribution is -0.172. The molecule has 2 N–H and O–H groups in total. The lowest BCUT2D eigenvalue weighted by atomic mass is 9.89. The number of ether oxygens (including phenoxy) is 9. The molecule has 0 saturated heterocycles. The Morgan fingerprint density at radius 2 is 1.30 bits per heavy atom. The third kappa shape index (κ3) is 22.5. The molecule has 0 aromatic heterocycles. The molecule has 306 valence electrons. The SMILES string of the molecule is CCCCC[C@H](O)/C=C/[C@@H]1[C@@H](C/C=C\CCCC(=O)OC(C)C)[C@@H](OC(=O)OCC(=O)OCC(=O)OCC(=O)OCC(=O)OCC(=O)OCOC)C[C@H]1O. The van der Waals surface area contributed by atoms with Crippen molar-refractivity contribution in [1.82, 2.24) is 0 Å². The van der Waals surface area contributed by atoms with Gasteiger partial charge in [-0.3, -0.25) is 4.79 Å². The molecule has 0 aliphatic heterocycles. The van der Waals surface area contributed by atoms with Crippen LogP contribution in [-0.2, 0) is 71.4 Å². The molecule has 0 spiro atoms. The van der Waals surface area contributed by atoms with E-state index in [1.807, 2.05) is 12.2 Å². The van der Waals surface area contributed by atoms with E-state index in [0.29, 0.717) is 25.7 Å². The second kappa shape index (κ2) is 28.0. The maximum atomic E-state index is 12.5. The van der Waals surface area contributed by atoms with Gasteiger partial charge in [-0.1, -0.05) is 50.5 Å². The molecule has 0 bridgehead atoms. The summed E-state index contributed by atoms with van der Waals surface area (Å²) in [5.74, 6) is -6.57. The van der Waals surface area contributed by atoms with Crippen LogP contribution in [0.1, 0.15) is 78.6 Å². The van der Waals surface area contributed by atoms with Gasteiger partial charge >= 0.3 is 42.0 Å². The molecule has 18 heteroatoms. The highest BCUT2D eigenvalue weighted by Gasteiger charge is 2.43. The van der Waals surface area contributed by atoms with Gasteiger partial charge < -0.3 is 52.8 Å². The molecule has 1 rings (SSSR count). The van der Waals surface area contributed by atoms with Crippen LogP contribution in [0.25, 0.3) is 0 Å². The number of methoxy groups -OCH3 is 1. The molecule has 0 radical (unpaired) electrons. The zero-order valence-corrected chi connectivity index (χ0v) is 31.3. The van der Waals surface area contributed by atoms with Crippen molar-refractivity contribution >= 4 is 42.0 Å². The molecule has 5 atom stereocenters. The Morgan fingerprint density at radius 1 is 0.741 bits per heavy atom. The highest BCUT2D eigenvalue weighted by Crippen LogP contribution is 2.38. The van der Waals surface area contributed by atoms with Gasteiger partial charge in [0.2, 0.25) is 0 Å². The van der Waals surface area contributed by atoms with Crippen LogP contribution in [-0.4, -0.2) is 124 Å². The highest BCUT2D eigenvalue weighted by atomic mass is 16.7. The largest absolute Gasteiger partial charge is 0.509 e. The highest BCUT2D eigenvalue weighted by molar-refractivity contribution is 5.82. The summed E-state index contributed by atoms with van der Waals surface area (Å²) in [5.41, 5.74) is 0. The maximum Gasteiger partial charge on any atom is 0.509 e. The van der Waals surface area contributed by atoms with Crippen molar-refractivity contribution in [3.63, 3.8) is 0 Å². The number of aliphatic hydroxyl groups is 2. The molecule has 18 nitrogen and oxygen atoms in total. The van der Waals surface area contributed by atoms with Crippen LogP contribution in [0, 0.1) is 11.8 Å². The normalized spacial score (nSPS) is 18.6.